The van der Waals surface area contributed by atoms with Gasteiger partial charge in [0.05, 0.1) is 17.9 Å². The molecule has 2 aromatic carbocycles. The highest BCUT2D eigenvalue weighted by molar-refractivity contribution is 7.90. The number of benzene rings is 2. The lowest BCUT2D eigenvalue weighted by molar-refractivity contribution is -0.137. The number of carbonyl (C=O) groups excluding carboxylic acids is 1. The predicted octanol–water partition coefficient (Wildman–Crippen LogP) is 4.60. The zero-order valence-electron chi connectivity index (χ0n) is 22.3. The van der Waals surface area contributed by atoms with Crippen molar-refractivity contribution in [1.82, 2.24) is 19.2 Å². The number of sulfonamides is 1. The van der Waals surface area contributed by atoms with Crippen LogP contribution in [-0.4, -0.2) is 54.2 Å². The zero-order valence-corrected chi connectivity index (χ0v) is 23.1. The van der Waals surface area contributed by atoms with Crippen LogP contribution in [0.25, 0.3) is 22.0 Å². The lowest BCUT2D eigenvalue weighted by atomic mass is 10.0. The fourth-order valence-electron chi connectivity index (χ4n) is 4.65. The molecule has 13 heteroatoms. The average Bonchev–Trinajstić information content (AvgIpc) is 3.23. The van der Waals surface area contributed by atoms with E-state index in [1.165, 1.54) is 41.1 Å². The largest absolute Gasteiger partial charge is 0.416 e. The van der Waals surface area contributed by atoms with E-state index in [2.05, 4.69) is 4.98 Å². The summed E-state index contributed by atoms with van der Waals surface area (Å²) in [6.07, 6.45) is -3.44. The van der Waals surface area contributed by atoms with E-state index in [1.54, 1.807) is 6.07 Å². The summed E-state index contributed by atoms with van der Waals surface area (Å²) in [5.74, 6) is -2.23. The van der Waals surface area contributed by atoms with Crippen LogP contribution >= 0.6 is 0 Å². The quantitative estimate of drug-likeness (QED) is 0.262. The first-order valence-electron chi connectivity index (χ1n) is 12.8. The highest BCUT2D eigenvalue weighted by Crippen LogP contribution is 2.38. The molecule has 218 valence electrons. The van der Waals surface area contributed by atoms with Crippen molar-refractivity contribution < 1.29 is 30.8 Å². The van der Waals surface area contributed by atoms with Gasteiger partial charge in [0.2, 0.25) is 10.0 Å². The van der Waals surface area contributed by atoms with Crippen molar-refractivity contribution in [1.29, 1.82) is 0 Å². The standard InChI is InChI=1S/C28H28F4N4O4S/c1-3-35(4-2)14-15-41(39,40)34-27(38)25-24(20-9-7-13-33-26(20)37)21-16-19(28(30,31)32)11-12-23(21)36(25)17-18-8-5-6-10-22(18)29/h5-13,16H,3-4,14-15,17H2,1-2H3,(H,33,37)(H,34,38). The molecule has 0 fully saturated rings. The summed E-state index contributed by atoms with van der Waals surface area (Å²) in [5.41, 5.74) is -2.35. The second kappa shape index (κ2) is 11.9. The predicted molar refractivity (Wildman–Crippen MR) is 148 cm³/mol. The number of rotatable bonds is 10. The van der Waals surface area contributed by atoms with Gasteiger partial charge in [0.1, 0.15) is 11.5 Å². The normalized spacial score (nSPS) is 12.3. The molecular formula is C28H28F4N4O4S. The van der Waals surface area contributed by atoms with Gasteiger partial charge in [-0.15, -0.1) is 0 Å². The van der Waals surface area contributed by atoms with Crippen LogP contribution in [0.3, 0.4) is 0 Å². The van der Waals surface area contributed by atoms with E-state index in [9.17, 15) is 35.6 Å². The van der Waals surface area contributed by atoms with Crippen LogP contribution in [0, 0.1) is 5.82 Å². The number of fused-ring (bicyclic) bond motifs is 1. The molecule has 0 saturated heterocycles. The minimum atomic E-state index is -4.75. The zero-order chi connectivity index (χ0) is 29.9. The number of hydrogen-bond acceptors (Lipinski definition) is 5. The number of aromatic nitrogens is 2. The van der Waals surface area contributed by atoms with Crippen LogP contribution in [-0.2, 0) is 22.7 Å². The number of halogens is 4. The fraction of sp³-hybridized carbons (Fsp3) is 0.286. The maximum atomic E-state index is 14.7. The third-order valence-corrected chi connectivity index (χ3v) is 8.01. The maximum Gasteiger partial charge on any atom is 0.416 e. The Morgan fingerprint density at radius 1 is 1.05 bits per heavy atom. The molecule has 8 nitrogen and oxygen atoms in total. The summed E-state index contributed by atoms with van der Waals surface area (Å²) in [7, 11) is -4.21. The molecule has 0 saturated carbocycles. The first-order chi connectivity index (χ1) is 19.4. The van der Waals surface area contributed by atoms with Crippen molar-refractivity contribution in [2.24, 2.45) is 0 Å². The number of aromatic amines is 1. The van der Waals surface area contributed by atoms with Crippen molar-refractivity contribution >= 4 is 26.8 Å². The number of nitrogens with one attached hydrogen (secondary N) is 2. The van der Waals surface area contributed by atoms with Crippen LogP contribution in [0.5, 0.6) is 0 Å². The van der Waals surface area contributed by atoms with Crippen LogP contribution in [0.4, 0.5) is 17.6 Å². The van der Waals surface area contributed by atoms with Gasteiger partial charge in [-0.25, -0.2) is 17.5 Å². The minimum absolute atomic E-state index is 0.0743. The molecule has 0 spiro atoms. The number of nitrogens with zero attached hydrogens (tertiary/aromatic N) is 2. The van der Waals surface area contributed by atoms with Crippen LogP contribution < -0.4 is 10.3 Å². The van der Waals surface area contributed by atoms with E-state index in [4.69, 9.17) is 0 Å². The molecule has 1 amide bonds. The van der Waals surface area contributed by atoms with Crippen LogP contribution in [0.1, 0.15) is 35.5 Å². The Morgan fingerprint density at radius 3 is 2.39 bits per heavy atom. The summed E-state index contributed by atoms with van der Waals surface area (Å²) in [6, 6.07) is 11.1. The highest BCUT2D eigenvalue weighted by Gasteiger charge is 2.34. The lowest BCUT2D eigenvalue weighted by Crippen LogP contribution is -2.38. The van der Waals surface area contributed by atoms with E-state index >= 15 is 0 Å². The molecule has 4 rings (SSSR count). The van der Waals surface area contributed by atoms with Crippen molar-refractivity contribution in [3.63, 3.8) is 0 Å². The van der Waals surface area contributed by atoms with Crippen molar-refractivity contribution in [2.75, 3.05) is 25.4 Å². The number of hydrogen-bond donors (Lipinski definition) is 2. The van der Waals surface area contributed by atoms with Crippen LogP contribution in [0.2, 0.25) is 0 Å². The molecule has 0 bridgehead atoms. The molecule has 4 aromatic rings. The summed E-state index contributed by atoms with van der Waals surface area (Å²) >= 11 is 0. The number of carbonyl (C=O) groups is 1. The molecule has 0 radical (unpaired) electrons. The summed E-state index contributed by atoms with van der Waals surface area (Å²) in [5, 5.41) is -0.126. The van der Waals surface area contributed by atoms with Gasteiger partial charge in [-0.1, -0.05) is 32.0 Å². The van der Waals surface area contributed by atoms with Gasteiger partial charge < -0.3 is 14.5 Å². The molecule has 0 atom stereocenters. The van der Waals surface area contributed by atoms with E-state index < -0.39 is 50.5 Å². The number of alkyl halides is 3. The third kappa shape index (κ3) is 6.51. The summed E-state index contributed by atoms with van der Waals surface area (Å²) in [4.78, 5) is 30.9. The van der Waals surface area contributed by atoms with Crippen molar-refractivity contribution in [2.45, 2.75) is 26.6 Å². The van der Waals surface area contributed by atoms with Crippen LogP contribution in [0.15, 0.2) is 65.6 Å². The molecule has 0 aliphatic rings. The van der Waals surface area contributed by atoms with E-state index in [0.717, 1.165) is 18.2 Å². The molecule has 2 N–H and O–H groups in total. The van der Waals surface area contributed by atoms with Gasteiger partial charge in [-0.3, -0.25) is 9.59 Å². The Morgan fingerprint density at radius 2 is 1.76 bits per heavy atom. The van der Waals surface area contributed by atoms with E-state index in [0.29, 0.717) is 13.1 Å². The van der Waals surface area contributed by atoms with Crippen molar-refractivity contribution in [3.8, 4) is 11.1 Å². The van der Waals surface area contributed by atoms with Gasteiger partial charge in [-0.05, 0) is 49.5 Å². The van der Waals surface area contributed by atoms with Gasteiger partial charge in [0, 0.05) is 40.3 Å². The molecule has 0 unspecified atom stereocenters. The van der Waals surface area contributed by atoms with Gasteiger partial charge in [0.15, 0.2) is 0 Å². The Kier molecular flexibility index (Phi) is 8.69. The van der Waals surface area contributed by atoms with E-state index in [-0.39, 0.29) is 40.7 Å². The number of pyridine rings is 1. The molecule has 2 aromatic heterocycles. The summed E-state index contributed by atoms with van der Waals surface area (Å²) < 4.78 is 85.1. The minimum Gasteiger partial charge on any atom is -0.331 e. The van der Waals surface area contributed by atoms with Crippen molar-refractivity contribution in [3.05, 3.63) is 93.8 Å². The second-order valence-electron chi connectivity index (χ2n) is 9.32. The smallest absolute Gasteiger partial charge is 0.331 e. The molecule has 41 heavy (non-hydrogen) atoms. The fourth-order valence-corrected chi connectivity index (χ4v) is 5.63. The van der Waals surface area contributed by atoms with E-state index in [1.807, 2.05) is 23.5 Å². The van der Waals surface area contributed by atoms with Gasteiger partial charge in [-0.2, -0.15) is 13.2 Å². The molecule has 0 aliphatic heterocycles. The summed E-state index contributed by atoms with van der Waals surface area (Å²) in [6.45, 7) is 4.68. The number of amides is 1. The topological polar surface area (TPSA) is 104 Å². The SMILES string of the molecule is CCN(CC)CCS(=O)(=O)NC(=O)c1c(-c2ccc[nH]c2=O)c2cc(C(F)(F)F)ccc2n1Cc1ccccc1F. The third-order valence-electron chi connectivity index (χ3n) is 6.80. The maximum absolute atomic E-state index is 14.7. The average molecular weight is 593 g/mol. The Balaban J connectivity index is 1.98. The monoisotopic (exact) mass is 592 g/mol. The second-order valence-corrected chi connectivity index (χ2v) is 11.2. The molecule has 0 aliphatic carbocycles. The first kappa shape index (κ1) is 30.0. The Hall–Kier alpha value is -3.97. The number of H-pyrrole nitrogens is 1. The van der Waals surface area contributed by atoms with Gasteiger partial charge in [0.25, 0.3) is 11.5 Å². The lowest BCUT2D eigenvalue weighted by Gasteiger charge is -2.18. The molecule has 2 heterocycles. The first-order valence-corrected chi connectivity index (χ1v) is 14.4. The van der Waals surface area contributed by atoms with Gasteiger partial charge >= 0.3 is 6.18 Å². The highest BCUT2D eigenvalue weighted by atomic mass is 32.2. The Labute approximate surface area is 233 Å². The Bertz CT molecular complexity index is 1740. The molecular weight excluding hydrogens is 564 g/mol.